The van der Waals surface area contributed by atoms with E-state index in [0.29, 0.717) is 24.2 Å². The number of nitrogens with zero attached hydrogens (tertiary/aromatic N) is 6. The van der Waals surface area contributed by atoms with Crippen molar-refractivity contribution < 1.29 is 5.11 Å². The molecule has 0 aliphatic carbocycles. The van der Waals surface area contributed by atoms with Gasteiger partial charge in [0.25, 0.3) is 0 Å². The van der Waals surface area contributed by atoms with E-state index in [4.69, 9.17) is 9.97 Å². The molecule has 0 bridgehead atoms. The predicted molar refractivity (Wildman–Crippen MR) is 131 cm³/mol. The van der Waals surface area contributed by atoms with E-state index < -0.39 is 0 Å². The fraction of sp³-hybridized carbons (Fsp3) is 0.111. The van der Waals surface area contributed by atoms with Gasteiger partial charge in [0.1, 0.15) is 11.2 Å². The molecule has 34 heavy (non-hydrogen) atoms. The van der Waals surface area contributed by atoms with Gasteiger partial charge in [-0.1, -0.05) is 71.9 Å². The molecule has 0 radical (unpaired) electrons. The summed E-state index contributed by atoms with van der Waals surface area (Å²) in [7, 11) is 1.87. The van der Waals surface area contributed by atoms with Crippen LogP contribution in [-0.2, 0) is 19.9 Å². The Bertz CT molecular complexity index is 1620. The molecule has 0 aliphatic heterocycles. The lowest BCUT2D eigenvalue weighted by molar-refractivity contribution is 0.442. The molecule has 0 amide bonds. The summed E-state index contributed by atoms with van der Waals surface area (Å²) in [5.74, 6) is 0.128. The maximum atomic E-state index is 11.2. The summed E-state index contributed by atoms with van der Waals surface area (Å²) in [5, 5.41) is 19.5. The zero-order valence-corrected chi connectivity index (χ0v) is 18.6. The van der Waals surface area contributed by atoms with Gasteiger partial charge >= 0.3 is 0 Å². The van der Waals surface area contributed by atoms with Crippen molar-refractivity contribution in [1.29, 1.82) is 0 Å². The van der Waals surface area contributed by atoms with Crippen LogP contribution in [0.3, 0.4) is 0 Å². The number of hydrogen-bond donors (Lipinski definition) is 1. The number of rotatable bonds is 5. The van der Waals surface area contributed by atoms with E-state index in [2.05, 4.69) is 22.4 Å². The first-order chi connectivity index (χ1) is 16.7. The molecule has 0 spiro atoms. The topological polar surface area (TPSA) is 81.1 Å². The maximum Gasteiger partial charge on any atom is 0.219 e. The summed E-state index contributed by atoms with van der Waals surface area (Å²) in [4.78, 5) is 9.79. The first-order valence-electron chi connectivity index (χ1n) is 11.1. The van der Waals surface area contributed by atoms with Gasteiger partial charge in [0.15, 0.2) is 5.65 Å². The van der Waals surface area contributed by atoms with Crippen molar-refractivity contribution in [2.24, 2.45) is 7.05 Å². The second-order valence-corrected chi connectivity index (χ2v) is 8.39. The Morgan fingerprint density at radius 2 is 1.53 bits per heavy atom. The lowest BCUT2D eigenvalue weighted by Crippen LogP contribution is -2.00. The molecule has 0 aliphatic rings. The number of benzene rings is 3. The van der Waals surface area contributed by atoms with Gasteiger partial charge in [0, 0.05) is 31.6 Å². The minimum absolute atomic E-state index is 0.128. The van der Waals surface area contributed by atoms with Crippen LogP contribution in [0.5, 0.6) is 5.88 Å². The SMILES string of the molecule is Cn1nnc2cc(Cc3nc4c(Cc5ccccc5)nc(-c5ccccc5)cn4c3O)ccc21. The predicted octanol–water partition coefficient (Wildman–Crippen LogP) is 4.57. The van der Waals surface area contributed by atoms with Gasteiger partial charge in [0.2, 0.25) is 5.88 Å². The monoisotopic (exact) mass is 446 g/mol. The fourth-order valence-corrected chi connectivity index (χ4v) is 4.31. The number of aromatic hydroxyl groups is 1. The zero-order chi connectivity index (χ0) is 23.1. The van der Waals surface area contributed by atoms with Gasteiger partial charge in [0.05, 0.1) is 16.9 Å². The molecule has 3 aromatic heterocycles. The summed E-state index contributed by atoms with van der Waals surface area (Å²) in [6.07, 6.45) is 2.95. The molecule has 3 heterocycles. The van der Waals surface area contributed by atoms with Crippen LogP contribution in [0, 0.1) is 0 Å². The van der Waals surface area contributed by atoms with Gasteiger partial charge in [-0.05, 0) is 23.3 Å². The molecule has 1 N–H and O–H groups in total. The second-order valence-electron chi connectivity index (χ2n) is 8.39. The average Bonchev–Trinajstić information content (AvgIpc) is 3.40. The van der Waals surface area contributed by atoms with Gasteiger partial charge in [-0.15, -0.1) is 5.10 Å². The van der Waals surface area contributed by atoms with Gasteiger partial charge in [-0.2, -0.15) is 0 Å². The Hall–Kier alpha value is -4.52. The van der Waals surface area contributed by atoms with Crippen LogP contribution < -0.4 is 0 Å². The smallest absolute Gasteiger partial charge is 0.219 e. The fourth-order valence-electron chi connectivity index (χ4n) is 4.31. The summed E-state index contributed by atoms with van der Waals surface area (Å²) in [6, 6.07) is 26.2. The van der Waals surface area contributed by atoms with E-state index in [0.717, 1.165) is 39.1 Å². The highest BCUT2D eigenvalue weighted by Gasteiger charge is 2.18. The summed E-state index contributed by atoms with van der Waals surface area (Å²) in [5.41, 5.74) is 7.79. The number of imidazole rings is 1. The minimum Gasteiger partial charge on any atom is -0.493 e. The molecule has 166 valence electrons. The van der Waals surface area contributed by atoms with Crippen molar-refractivity contribution in [1.82, 2.24) is 29.4 Å². The van der Waals surface area contributed by atoms with E-state index in [1.54, 1.807) is 9.08 Å². The molecule has 0 saturated heterocycles. The van der Waals surface area contributed by atoms with Crippen molar-refractivity contribution in [3.8, 4) is 17.1 Å². The molecule has 0 unspecified atom stereocenters. The van der Waals surface area contributed by atoms with Crippen molar-refractivity contribution in [2.75, 3.05) is 0 Å². The average molecular weight is 447 g/mol. The third-order valence-corrected chi connectivity index (χ3v) is 6.05. The van der Waals surface area contributed by atoms with E-state index >= 15 is 0 Å². The van der Waals surface area contributed by atoms with Gasteiger partial charge < -0.3 is 5.11 Å². The summed E-state index contributed by atoms with van der Waals surface area (Å²) in [6.45, 7) is 0. The molecular weight excluding hydrogens is 424 g/mol. The maximum absolute atomic E-state index is 11.2. The Morgan fingerprint density at radius 1 is 0.794 bits per heavy atom. The van der Waals surface area contributed by atoms with E-state index in [9.17, 15) is 5.11 Å². The Morgan fingerprint density at radius 3 is 2.32 bits per heavy atom. The summed E-state index contributed by atoms with van der Waals surface area (Å²) < 4.78 is 3.50. The van der Waals surface area contributed by atoms with Crippen molar-refractivity contribution in [3.63, 3.8) is 0 Å². The number of aryl methyl sites for hydroxylation is 1. The van der Waals surface area contributed by atoms with E-state index in [-0.39, 0.29) is 5.88 Å². The number of aromatic nitrogens is 6. The number of fused-ring (bicyclic) bond motifs is 2. The van der Waals surface area contributed by atoms with Crippen molar-refractivity contribution >= 4 is 16.7 Å². The van der Waals surface area contributed by atoms with Crippen molar-refractivity contribution in [2.45, 2.75) is 12.8 Å². The van der Waals surface area contributed by atoms with Gasteiger partial charge in [-0.3, -0.25) is 4.40 Å². The van der Waals surface area contributed by atoms with Crippen LogP contribution in [0.4, 0.5) is 0 Å². The van der Waals surface area contributed by atoms with E-state index in [1.807, 2.05) is 80.0 Å². The van der Waals surface area contributed by atoms with Crippen molar-refractivity contribution in [3.05, 3.63) is 108 Å². The third kappa shape index (κ3) is 3.57. The normalized spacial score (nSPS) is 11.4. The molecule has 3 aromatic carbocycles. The number of hydrogen-bond acceptors (Lipinski definition) is 5. The lowest BCUT2D eigenvalue weighted by atomic mass is 10.1. The lowest BCUT2D eigenvalue weighted by Gasteiger charge is -2.08. The third-order valence-electron chi connectivity index (χ3n) is 6.05. The Kier molecular flexibility index (Phi) is 4.80. The molecule has 7 heteroatoms. The zero-order valence-electron chi connectivity index (χ0n) is 18.6. The molecule has 6 rings (SSSR count). The standard InChI is InChI=1S/C27H22N6O/c1-32-25-13-12-19(15-21(25)30-31-32)16-23-27(34)33-17-24(20-10-6-3-7-11-20)28-22(26(33)29-23)14-18-8-4-2-5-9-18/h2-13,15,17,34H,14,16H2,1H3. The van der Waals surface area contributed by atoms with Crippen LogP contribution in [-0.4, -0.2) is 34.5 Å². The van der Waals surface area contributed by atoms with E-state index in [1.165, 1.54) is 0 Å². The second kappa shape index (κ2) is 8.12. The minimum atomic E-state index is 0.128. The van der Waals surface area contributed by atoms with Crippen LogP contribution in [0.1, 0.15) is 22.5 Å². The summed E-state index contributed by atoms with van der Waals surface area (Å²) >= 11 is 0. The van der Waals surface area contributed by atoms with Gasteiger partial charge in [-0.25, -0.2) is 14.6 Å². The quantitative estimate of drug-likeness (QED) is 0.420. The highest BCUT2D eigenvalue weighted by molar-refractivity contribution is 5.75. The highest BCUT2D eigenvalue weighted by atomic mass is 16.3. The Balaban J connectivity index is 1.47. The first kappa shape index (κ1) is 20.1. The molecule has 6 aromatic rings. The van der Waals surface area contributed by atoms with Crippen LogP contribution in [0.2, 0.25) is 0 Å². The molecule has 0 atom stereocenters. The largest absolute Gasteiger partial charge is 0.493 e. The first-order valence-corrected chi connectivity index (χ1v) is 11.1. The molecule has 0 fully saturated rings. The molecule has 7 nitrogen and oxygen atoms in total. The van der Waals surface area contributed by atoms with Crippen LogP contribution in [0.25, 0.3) is 27.9 Å². The molecule has 0 saturated carbocycles. The Labute approximate surface area is 196 Å². The van der Waals surface area contributed by atoms with Crippen LogP contribution in [0.15, 0.2) is 85.1 Å². The highest BCUT2D eigenvalue weighted by Crippen LogP contribution is 2.28. The molecular formula is C27H22N6O. The van der Waals surface area contributed by atoms with Crippen LogP contribution >= 0.6 is 0 Å².